The Kier molecular flexibility index (Phi) is 10.5. The minimum Gasteiger partial charge on any atom is -0.450 e. The van der Waals surface area contributed by atoms with Crippen LogP contribution in [0.3, 0.4) is 0 Å². The van der Waals surface area contributed by atoms with Crippen molar-refractivity contribution in [3.8, 4) is 0 Å². The molecule has 0 aromatic carbocycles. The molecule has 4 N–H and O–H groups in total. The van der Waals surface area contributed by atoms with Gasteiger partial charge in [0.05, 0.1) is 6.61 Å². The van der Waals surface area contributed by atoms with Gasteiger partial charge in [0, 0.05) is 32.3 Å². The van der Waals surface area contributed by atoms with Gasteiger partial charge in [-0.2, -0.15) is 0 Å². The van der Waals surface area contributed by atoms with E-state index < -0.39 is 0 Å². The van der Waals surface area contributed by atoms with Gasteiger partial charge < -0.3 is 25.8 Å². The molecule has 1 rings (SSSR count). The number of likely N-dealkylation sites (tertiary alicyclic amines) is 1. The standard InChI is InChI=1S/C12H24N4O3.HI/c1-2-19-12(18)16-7-4-10(5-8-16)15-11(13)14-6-3-9-17;/h10,17H,2-9H2,1H3,(H3,13,14,15);1H. The van der Waals surface area contributed by atoms with Gasteiger partial charge in [-0.3, -0.25) is 4.99 Å². The largest absolute Gasteiger partial charge is 0.450 e. The van der Waals surface area contributed by atoms with Crippen molar-refractivity contribution in [2.24, 2.45) is 10.7 Å². The first-order valence-corrected chi connectivity index (χ1v) is 6.76. The second-order valence-electron chi connectivity index (χ2n) is 4.45. The topological polar surface area (TPSA) is 100 Å². The monoisotopic (exact) mass is 400 g/mol. The summed E-state index contributed by atoms with van der Waals surface area (Å²) in [7, 11) is 0. The van der Waals surface area contributed by atoms with Crippen molar-refractivity contribution in [1.29, 1.82) is 0 Å². The number of ether oxygens (including phenoxy) is 1. The Labute approximate surface area is 137 Å². The van der Waals surface area contributed by atoms with Gasteiger partial charge >= 0.3 is 6.09 Å². The number of guanidine groups is 1. The van der Waals surface area contributed by atoms with E-state index >= 15 is 0 Å². The quantitative estimate of drug-likeness (QED) is 0.270. The number of hydrogen-bond donors (Lipinski definition) is 3. The highest BCUT2D eigenvalue weighted by molar-refractivity contribution is 14.0. The zero-order chi connectivity index (χ0) is 14.1. The molecule has 118 valence electrons. The molecular weight excluding hydrogens is 375 g/mol. The van der Waals surface area contributed by atoms with Crippen molar-refractivity contribution in [3.63, 3.8) is 0 Å². The number of hydrogen-bond acceptors (Lipinski definition) is 4. The van der Waals surface area contributed by atoms with Crippen molar-refractivity contribution in [2.75, 3.05) is 32.8 Å². The number of rotatable bonds is 5. The Bertz CT molecular complexity index is 307. The molecule has 1 amide bonds. The normalized spacial score (nSPS) is 16.5. The summed E-state index contributed by atoms with van der Waals surface area (Å²) in [6, 6.07) is 0.239. The first-order valence-electron chi connectivity index (χ1n) is 6.76. The Morgan fingerprint density at radius 2 is 2.15 bits per heavy atom. The Morgan fingerprint density at radius 3 is 2.70 bits per heavy atom. The Balaban J connectivity index is 0.00000361. The van der Waals surface area contributed by atoms with Crippen LogP contribution in [0.5, 0.6) is 0 Å². The minimum atomic E-state index is -0.245. The van der Waals surface area contributed by atoms with E-state index in [1.54, 1.807) is 11.8 Å². The number of aliphatic hydroxyl groups excluding tert-OH is 1. The molecule has 0 aliphatic carbocycles. The fourth-order valence-corrected chi connectivity index (χ4v) is 1.95. The van der Waals surface area contributed by atoms with E-state index in [0.717, 1.165) is 12.8 Å². The second kappa shape index (κ2) is 11.0. The molecule has 0 saturated carbocycles. The van der Waals surface area contributed by atoms with E-state index in [9.17, 15) is 4.79 Å². The predicted molar refractivity (Wildman–Crippen MR) is 88.4 cm³/mol. The van der Waals surface area contributed by atoms with Gasteiger partial charge in [0.25, 0.3) is 0 Å². The lowest BCUT2D eigenvalue weighted by molar-refractivity contribution is 0.0963. The van der Waals surface area contributed by atoms with Gasteiger partial charge in [-0.1, -0.05) is 0 Å². The summed E-state index contributed by atoms with van der Waals surface area (Å²) in [6.45, 7) is 4.18. The summed E-state index contributed by atoms with van der Waals surface area (Å²) in [6.07, 6.45) is 2.03. The lowest BCUT2D eigenvalue weighted by Crippen LogP contribution is -2.48. The van der Waals surface area contributed by atoms with Crippen LogP contribution in [-0.4, -0.2) is 60.9 Å². The molecule has 8 heteroatoms. The number of carbonyl (C=O) groups is 1. The number of amides is 1. The molecule has 7 nitrogen and oxygen atoms in total. The number of piperidine rings is 1. The van der Waals surface area contributed by atoms with Gasteiger partial charge in [-0.05, 0) is 26.2 Å². The van der Waals surface area contributed by atoms with E-state index in [1.165, 1.54) is 0 Å². The third-order valence-electron chi connectivity index (χ3n) is 2.97. The predicted octanol–water partition coefficient (Wildman–Crippen LogP) is 0.512. The van der Waals surface area contributed by atoms with E-state index in [1.807, 2.05) is 0 Å². The van der Waals surface area contributed by atoms with Gasteiger partial charge in [0.2, 0.25) is 0 Å². The average molecular weight is 400 g/mol. The third kappa shape index (κ3) is 7.13. The van der Waals surface area contributed by atoms with E-state index in [0.29, 0.717) is 38.6 Å². The number of carbonyl (C=O) groups excluding carboxylic acids is 1. The molecule has 1 saturated heterocycles. The highest BCUT2D eigenvalue weighted by Gasteiger charge is 2.23. The van der Waals surface area contributed by atoms with E-state index in [4.69, 9.17) is 15.6 Å². The van der Waals surface area contributed by atoms with Crippen molar-refractivity contribution >= 4 is 36.0 Å². The molecule has 1 fully saturated rings. The maximum Gasteiger partial charge on any atom is 0.409 e. The smallest absolute Gasteiger partial charge is 0.409 e. The van der Waals surface area contributed by atoms with Crippen LogP contribution >= 0.6 is 24.0 Å². The molecule has 0 aromatic rings. The summed E-state index contributed by atoms with van der Waals surface area (Å²) in [5.41, 5.74) is 5.74. The molecule has 0 unspecified atom stereocenters. The maximum absolute atomic E-state index is 11.5. The molecule has 0 aromatic heterocycles. The minimum absolute atomic E-state index is 0. The van der Waals surface area contributed by atoms with Crippen LogP contribution in [-0.2, 0) is 4.74 Å². The van der Waals surface area contributed by atoms with Crippen LogP contribution in [0.2, 0.25) is 0 Å². The molecule has 1 aliphatic heterocycles. The number of halogens is 1. The lowest BCUT2D eigenvalue weighted by Gasteiger charge is -2.31. The third-order valence-corrected chi connectivity index (χ3v) is 2.97. The number of nitrogens with two attached hydrogens (primary N) is 1. The molecule has 0 radical (unpaired) electrons. The van der Waals surface area contributed by atoms with Crippen molar-refractivity contribution in [3.05, 3.63) is 0 Å². The summed E-state index contributed by atoms with van der Waals surface area (Å²) in [5.74, 6) is 0.406. The molecule has 0 bridgehead atoms. The first-order chi connectivity index (χ1) is 9.17. The summed E-state index contributed by atoms with van der Waals surface area (Å²) in [5, 5.41) is 11.8. The highest BCUT2D eigenvalue weighted by Crippen LogP contribution is 2.11. The van der Waals surface area contributed by atoms with Crippen molar-refractivity contribution in [1.82, 2.24) is 10.2 Å². The molecule has 1 aliphatic rings. The zero-order valence-electron chi connectivity index (χ0n) is 11.9. The Hall–Kier alpha value is -0.770. The van der Waals surface area contributed by atoms with Crippen LogP contribution in [0.15, 0.2) is 4.99 Å². The number of aliphatic imine (C=N–C) groups is 1. The Morgan fingerprint density at radius 1 is 1.50 bits per heavy atom. The van der Waals surface area contributed by atoms with Crippen LogP contribution in [0.4, 0.5) is 4.79 Å². The average Bonchev–Trinajstić information content (AvgIpc) is 2.40. The first kappa shape index (κ1) is 19.2. The zero-order valence-corrected chi connectivity index (χ0v) is 14.2. The molecule has 0 spiro atoms. The van der Waals surface area contributed by atoms with Crippen LogP contribution < -0.4 is 11.1 Å². The van der Waals surface area contributed by atoms with Crippen molar-refractivity contribution in [2.45, 2.75) is 32.2 Å². The van der Waals surface area contributed by atoms with Gasteiger partial charge in [0.15, 0.2) is 5.96 Å². The summed E-state index contributed by atoms with van der Waals surface area (Å²) < 4.78 is 4.96. The SMILES string of the molecule is CCOC(=O)N1CCC(NC(N)=NCCCO)CC1.I. The maximum atomic E-state index is 11.5. The van der Waals surface area contributed by atoms with Gasteiger partial charge in [-0.25, -0.2) is 4.79 Å². The summed E-state index contributed by atoms with van der Waals surface area (Å²) in [4.78, 5) is 17.3. The number of nitrogens with one attached hydrogen (secondary N) is 1. The molecule has 20 heavy (non-hydrogen) atoms. The molecule has 1 heterocycles. The van der Waals surface area contributed by atoms with Crippen LogP contribution in [0.25, 0.3) is 0 Å². The fourth-order valence-electron chi connectivity index (χ4n) is 1.95. The number of aliphatic hydroxyl groups is 1. The van der Waals surface area contributed by atoms with Crippen LogP contribution in [0.1, 0.15) is 26.2 Å². The molecular formula is C12H25IN4O3. The van der Waals surface area contributed by atoms with E-state index in [2.05, 4.69) is 10.3 Å². The van der Waals surface area contributed by atoms with Crippen molar-refractivity contribution < 1.29 is 14.6 Å². The highest BCUT2D eigenvalue weighted by atomic mass is 127. The van der Waals surface area contributed by atoms with E-state index in [-0.39, 0.29) is 42.7 Å². The number of nitrogens with zero attached hydrogens (tertiary/aromatic N) is 2. The summed E-state index contributed by atoms with van der Waals surface area (Å²) >= 11 is 0. The van der Waals surface area contributed by atoms with Gasteiger partial charge in [-0.15, -0.1) is 24.0 Å². The lowest BCUT2D eigenvalue weighted by atomic mass is 10.1. The second-order valence-corrected chi connectivity index (χ2v) is 4.45. The fraction of sp³-hybridized carbons (Fsp3) is 0.833. The van der Waals surface area contributed by atoms with Gasteiger partial charge in [0.1, 0.15) is 0 Å². The van der Waals surface area contributed by atoms with Crippen LogP contribution in [0, 0.1) is 0 Å². The molecule has 0 atom stereocenters.